The molecule has 2 aliphatic heterocycles. The van der Waals surface area contributed by atoms with Crippen LogP contribution < -0.4 is 10.6 Å². The Morgan fingerprint density at radius 1 is 1.32 bits per heavy atom. The Bertz CT molecular complexity index is 522. The zero-order valence-corrected chi connectivity index (χ0v) is 15.4. The van der Waals surface area contributed by atoms with Crippen molar-refractivity contribution >= 4 is 5.91 Å². The molecule has 0 bridgehead atoms. The molecule has 3 rings (SSSR count). The summed E-state index contributed by atoms with van der Waals surface area (Å²) in [5, 5.41) is 6.73. The van der Waals surface area contributed by atoms with Crippen molar-refractivity contribution in [2.75, 3.05) is 26.2 Å². The molecule has 0 spiro atoms. The Kier molecular flexibility index (Phi) is 6.82. The molecule has 1 amide bonds. The van der Waals surface area contributed by atoms with Crippen LogP contribution in [0.2, 0.25) is 0 Å². The van der Waals surface area contributed by atoms with Gasteiger partial charge in [-0.15, -0.1) is 0 Å². The largest absolute Gasteiger partial charge is 0.353 e. The van der Waals surface area contributed by atoms with Gasteiger partial charge in [-0.1, -0.05) is 6.92 Å². The molecule has 25 heavy (non-hydrogen) atoms. The molecule has 2 N–H and O–H groups in total. The first-order valence-electron chi connectivity index (χ1n) is 9.82. The lowest BCUT2D eigenvalue weighted by Crippen LogP contribution is -2.45. The summed E-state index contributed by atoms with van der Waals surface area (Å²) in [6.45, 7) is 7.52. The zero-order valence-electron chi connectivity index (χ0n) is 15.4. The van der Waals surface area contributed by atoms with Gasteiger partial charge in [0.15, 0.2) is 0 Å². The molecule has 5 nitrogen and oxygen atoms in total. The van der Waals surface area contributed by atoms with Crippen LogP contribution in [0.5, 0.6) is 0 Å². The summed E-state index contributed by atoms with van der Waals surface area (Å²) >= 11 is 0. The Balaban J connectivity index is 1.36. The van der Waals surface area contributed by atoms with Gasteiger partial charge in [-0.2, -0.15) is 0 Å². The number of pyridine rings is 1. The Morgan fingerprint density at radius 3 is 2.76 bits per heavy atom. The number of carbonyl (C=O) groups excluding carboxylic acids is 1. The standard InChI is InChI=1S/C20H32N4O/c1-16(18-3-2-8-22-14-18)13-20(25)23-19-6-11-24(12-7-19)15-17-4-9-21-10-5-17/h4-5,9-10,16,18-19,22H,2-3,6-8,11-15H2,1H3,(H,23,25). The predicted octanol–water partition coefficient (Wildman–Crippen LogP) is 2.19. The third-order valence-corrected chi connectivity index (χ3v) is 5.76. The van der Waals surface area contributed by atoms with Crippen LogP contribution in [0.4, 0.5) is 0 Å². The molecule has 3 heterocycles. The monoisotopic (exact) mass is 344 g/mol. The van der Waals surface area contributed by atoms with Crippen molar-refractivity contribution in [3.05, 3.63) is 30.1 Å². The zero-order chi connectivity index (χ0) is 17.5. The fourth-order valence-electron chi connectivity index (χ4n) is 4.09. The van der Waals surface area contributed by atoms with Gasteiger partial charge in [0.1, 0.15) is 0 Å². The average molecular weight is 345 g/mol. The van der Waals surface area contributed by atoms with Gasteiger partial charge in [0, 0.05) is 44.5 Å². The highest BCUT2D eigenvalue weighted by atomic mass is 16.1. The van der Waals surface area contributed by atoms with Crippen LogP contribution in [0, 0.1) is 11.8 Å². The highest BCUT2D eigenvalue weighted by Crippen LogP contribution is 2.22. The smallest absolute Gasteiger partial charge is 0.220 e. The summed E-state index contributed by atoms with van der Waals surface area (Å²) in [6, 6.07) is 4.50. The average Bonchev–Trinajstić information content (AvgIpc) is 2.65. The lowest BCUT2D eigenvalue weighted by Gasteiger charge is -2.33. The van der Waals surface area contributed by atoms with E-state index < -0.39 is 0 Å². The Morgan fingerprint density at radius 2 is 2.08 bits per heavy atom. The number of piperidine rings is 2. The van der Waals surface area contributed by atoms with Gasteiger partial charge >= 0.3 is 0 Å². The third-order valence-electron chi connectivity index (χ3n) is 5.76. The second-order valence-corrected chi connectivity index (χ2v) is 7.76. The first-order chi connectivity index (χ1) is 12.2. The molecule has 1 aromatic heterocycles. The number of carbonyl (C=O) groups is 1. The number of nitrogens with one attached hydrogen (secondary N) is 2. The van der Waals surface area contributed by atoms with E-state index in [-0.39, 0.29) is 5.91 Å². The molecule has 138 valence electrons. The van der Waals surface area contributed by atoms with Crippen molar-refractivity contribution in [1.29, 1.82) is 0 Å². The number of hydrogen-bond donors (Lipinski definition) is 2. The quantitative estimate of drug-likeness (QED) is 0.831. The minimum absolute atomic E-state index is 0.241. The summed E-state index contributed by atoms with van der Waals surface area (Å²) in [4.78, 5) is 18.9. The summed E-state index contributed by atoms with van der Waals surface area (Å²) in [7, 11) is 0. The topological polar surface area (TPSA) is 57.3 Å². The van der Waals surface area contributed by atoms with Gasteiger partial charge < -0.3 is 10.6 Å². The van der Waals surface area contributed by atoms with Crippen LogP contribution in [0.25, 0.3) is 0 Å². The number of likely N-dealkylation sites (tertiary alicyclic amines) is 1. The van der Waals surface area contributed by atoms with Gasteiger partial charge in [0.2, 0.25) is 5.91 Å². The number of rotatable bonds is 6. The fourth-order valence-corrected chi connectivity index (χ4v) is 4.09. The van der Waals surface area contributed by atoms with Crippen LogP contribution in [0.15, 0.2) is 24.5 Å². The van der Waals surface area contributed by atoms with Crippen LogP contribution >= 0.6 is 0 Å². The molecule has 1 aromatic rings. The Labute approximate surface area is 151 Å². The number of hydrogen-bond acceptors (Lipinski definition) is 4. The number of aromatic nitrogens is 1. The highest BCUT2D eigenvalue weighted by Gasteiger charge is 2.24. The van der Waals surface area contributed by atoms with E-state index >= 15 is 0 Å². The summed E-state index contributed by atoms with van der Waals surface area (Å²) in [5.41, 5.74) is 1.31. The third kappa shape index (κ3) is 5.79. The van der Waals surface area contributed by atoms with E-state index in [0.717, 1.165) is 45.6 Å². The number of nitrogens with zero attached hydrogens (tertiary/aromatic N) is 2. The molecule has 5 heteroatoms. The molecule has 2 fully saturated rings. The van der Waals surface area contributed by atoms with E-state index in [4.69, 9.17) is 0 Å². The van der Waals surface area contributed by atoms with Crippen LogP contribution in [-0.4, -0.2) is 48.0 Å². The SMILES string of the molecule is CC(CC(=O)NC1CCN(Cc2ccncc2)CC1)C1CCCNC1. The van der Waals surface area contributed by atoms with Gasteiger partial charge in [-0.3, -0.25) is 14.7 Å². The molecule has 0 saturated carbocycles. The minimum Gasteiger partial charge on any atom is -0.353 e. The van der Waals surface area contributed by atoms with Gasteiger partial charge in [-0.05, 0) is 68.3 Å². The van der Waals surface area contributed by atoms with Crippen molar-refractivity contribution in [2.45, 2.75) is 51.6 Å². The maximum atomic E-state index is 12.4. The molecule has 2 aliphatic rings. The normalized spacial score (nSPS) is 24.0. The minimum atomic E-state index is 0.241. The van der Waals surface area contributed by atoms with E-state index in [9.17, 15) is 4.79 Å². The summed E-state index contributed by atoms with van der Waals surface area (Å²) in [5.74, 6) is 1.37. The van der Waals surface area contributed by atoms with Gasteiger partial charge in [-0.25, -0.2) is 0 Å². The lowest BCUT2D eigenvalue weighted by atomic mass is 9.85. The van der Waals surface area contributed by atoms with Gasteiger partial charge in [0.25, 0.3) is 0 Å². The van der Waals surface area contributed by atoms with E-state index in [1.165, 1.54) is 18.4 Å². The molecule has 0 aromatic carbocycles. The van der Waals surface area contributed by atoms with Crippen LogP contribution in [0.3, 0.4) is 0 Å². The fraction of sp³-hybridized carbons (Fsp3) is 0.700. The van der Waals surface area contributed by atoms with Crippen molar-refractivity contribution in [1.82, 2.24) is 20.5 Å². The maximum Gasteiger partial charge on any atom is 0.220 e. The van der Waals surface area contributed by atoms with E-state index in [1.807, 2.05) is 12.4 Å². The molecule has 2 atom stereocenters. The van der Waals surface area contributed by atoms with Crippen LogP contribution in [0.1, 0.15) is 44.6 Å². The summed E-state index contributed by atoms with van der Waals surface area (Å²) < 4.78 is 0. The molecule has 2 saturated heterocycles. The molecule has 2 unspecified atom stereocenters. The Hall–Kier alpha value is -1.46. The second kappa shape index (κ2) is 9.30. The molecule has 0 radical (unpaired) electrons. The first kappa shape index (κ1) is 18.3. The first-order valence-corrected chi connectivity index (χ1v) is 9.82. The molecule has 0 aliphatic carbocycles. The second-order valence-electron chi connectivity index (χ2n) is 7.76. The molecular weight excluding hydrogens is 312 g/mol. The highest BCUT2D eigenvalue weighted by molar-refractivity contribution is 5.76. The van der Waals surface area contributed by atoms with Crippen molar-refractivity contribution in [3.8, 4) is 0 Å². The van der Waals surface area contributed by atoms with E-state index in [2.05, 4.69) is 39.6 Å². The van der Waals surface area contributed by atoms with Gasteiger partial charge in [0.05, 0.1) is 0 Å². The van der Waals surface area contributed by atoms with Crippen molar-refractivity contribution in [3.63, 3.8) is 0 Å². The molecular formula is C20H32N4O. The van der Waals surface area contributed by atoms with Crippen molar-refractivity contribution < 1.29 is 4.79 Å². The number of amides is 1. The van der Waals surface area contributed by atoms with E-state index in [0.29, 0.717) is 24.3 Å². The predicted molar refractivity (Wildman–Crippen MR) is 100 cm³/mol. The van der Waals surface area contributed by atoms with Crippen LogP contribution in [-0.2, 0) is 11.3 Å². The lowest BCUT2D eigenvalue weighted by molar-refractivity contribution is -0.123. The van der Waals surface area contributed by atoms with Crippen molar-refractivity contribution in [2.24, 2.45) is 11.8 Å². The summed E-state index contributed by atoms with van der Waals surface area (Å²) in [6.07, 6.45) is 8.98. The van der Waals surface area contributed by atoms with E-state index in [1.54, 1.807) is 0 Å². The maximum absolute atomic E-state index is 12.4.